The van der Waals surface area contributed by atoms with Crippen molar-refractivity contribution in [1.82, 2.24) is 24.7 Å². The van der Waals surface area contributed by atoms with Crippen molar-refractivity contribution < 1.29 is 18.0 Å². The quantitative estimate of drug-likeness (QED) is 0.529. The number of likely N-dealkylation sites (tertiary alicyclic amines) is 1. The van der Waals surface area contributed by atoms with Gasteiger partial charge in [0.2, 0.25) is 5.91 Å². The van der Waals surface area contributed by atoms with Gasteiger partial charge in [0.1, 0.15) is 5.03 Å². The van der Waals surface area contributed by atoms with Gasteiger partial charge in [0.25, 0.3) is 0 Å². The lowest BCUT2D eigenvalue weighted by atomic mass is 10.1. The third-order valence-electron chi connectivity index (χ3n) is 5.29. The Morgan fingerprint density at radius 2 is 1.77 bits per heavy atom. The van der Waals surface area contributed by atoms with E-state index in [1.54, 1.807) is 12.1 Å². The molecule has 2 aromatic heterocycles. The van der Waals surface area contributed by atoms with E-state index < -0.39 is 11.7 Å². The minimum atomic E-state index is -4.40. The molecule has 164 valence electrons. The van der Waals surface area contributed by atoms with Crippen LogP contribution in [-0.4, -0.2) is 49.0 Å². The first-order chi connectivity index (χ1) is 14.9. The lowest BCUT2D eigenvalue weighted by molar-refractivity contribution is -0.137. The first-order valence-corrected chi connectivity index (χ1v) is 11.1. The van der Waals surface area contributed by atoms with E-state index >= 15 is 0 Å². The molecule has 1 aliphatic heterocycles. The van der Waals surface area contributed by atoms with Gasteiger partial charge in [-0.05, 0) is 49.9 Å². The molecule has 3 aromatic rings. The number of hydrogen-bond acceptors (Lipinski definition) is 5. The molecule has 4 rings (SSSR count). The maximum Gasteiger partial charge on any atom is 0.416 e. The molecule has 1 atom stereocenters. The molecular formula is C21H22F3N5OS. The molecule has 1 amide bonds. The van der Waals surface area contributed by atoms with Gasteiger partial charge in [-0.25, -0.2) is 0 Å². The number of thioether (sulfide) groups is 1. The second-order valence-electron chi connectivity index (χ2n) is 7.44. The largest absolute Gasteiger partial charge is 0.416 e. The van der Waals surface area contributed by atoms with E-state index in [1.807, 2.05) is 11.8 Å². The number of aromatic nitrogens is 4. The normalized spacial score (nSPS) is 15.9. The Hall–Kier alpha value is -2.62. The van der Waals surface area contributed by atoms with Crippen LogP contribution in [-0.2, 0) is 11.0 Å². The molecule has 0 N–H and O–H groups in total. The molecule has 3 heterocycles. The SMILES string of the molecule is CCC(Sc1ccc2nnc(-c3ccc(C(F)(F)F)cc3)n2n1)C(=O)N1CCCCC1. The number of amides is 1. The summed E-state index contributed by atoms with van der Waals surface area (Å²) in [5.41, 5.74) is 0.234. The van der Waals surface area contributed by atoms with Crippen LogP contribution >= 0.6 is 11.8 Å². The van der Waals surface area contributed by atoms with Gasteiger partial charge in [-0.3, -0.25) is 4.79 Å². The summed E-state index contributed by atoms with van der Waals surface area (Å²) >= 11 is 1.39. The molecule has 1 unspecified atom stereocenters. The van der Waals surface area contributed by atoms with E-state index in [2.05, 4.69) is 15.3 Å². The Bertz CT molecular complexity index is 1060. The Morgan fingerprint density at radius 1 is 1.06 bits per heavy atom. The molecule has 10 heteroatoms. The number of rotatable bonds is 5. The molecule has 0 radical (unpaired) electrons. The Labute approximate surface area is 181 Å². The van der Waals surface area contributed by atoms with Crippen LogP contribution in [0.15, 0.2) is 41.4 Å². The number of fused-ring (bicyclic) bond motifs is 1. The predicted octanol–water partition coefficient (Wildman–Crippen LogP) is 4.69. The summed E-state index contributed by atoms with van der Waals surface area (Å²) in [6.07, 6.45) is -0.494. The van der Waals surface area contributed by atoms with E-state index in [9.17, 15) is 18.0 Å². The fourth-order valence-electron chi connectivity index (χ4n) is 3.60. The van der Waals surface area contributed by atoms with Gasteiger partial charge >= 0.3 is 6.18 Å². The fourth-order valence-corrected chi connectivity index (χ4v) is 4.58. The van der Waals surface area contributed by atoms with Crippen molar-refractivity contribution in [2.24, 2.45) is 0 Å². The van der Waals surface area contributed by atoms with Crippen molar-refractivity contribution in [3.63, 3.8) is 0 Å². The van der Waals surface area contributed by atoms with Crippen molar-refractivity contribution in [2.45, 2.75) is 49.1 Å². The number of hydrogen-bond donors (Lipinski definition) is 0. The average Bonchev–Trinajstić information content (AvgIpc) is 3.20. The molecule has 1 aliphatic rings. The fraction of sp³-hybridized carbons (Fsp3) is 0.429. The van der Waals surface area contributed by atoms with E-state index in [-0.39, 0.29) is 11.2 Å². The zero-order valence-corrected chi connectivity index (χ0v) is 17.8. The number of piperidine rings is 1. The molecule has 0 saturated carbocycles. The Morgan fingerprint density at radius 3 is 2.42 bits per heavy atom. The minimum Gasteiger partial charge on any atom is -0.342 e. The summed E-state index contributed by atoms with van der Waals surface area (Å²) in [7, 11) is 0. The zero-order chi connectivity index (χ0) is 22.0. The summed E-state index contributed by atoms with van der Waals surface area (Å²) in [5, 5.41) is 13.1. The third-order valence-corrected chi connectivity index (χ3v) is 6.56. The molecular weight excluding hydrogens is 427 g/mol. The van der Waals surface area contributed by atoms with E-state index in [4.69, 9.17) is 0 Å². The van der Waals surface area contributed by atoms with Crippen LogP contribution in [0, 0.1) is 0 Å². The Kier molecular flexibility index (Phi) is 6.17. The standard InChI is InChI=1S/C21H22F3N5OS/c1-2-16(20(30)28-12-4-3-5-13-28)31-18-11-10-17-25-26-19(29(17)27-18)14-6-8-15(9-7-14)21(22,23)24/h6-11,16H,2-5,12-13H2,1H3. The zero-order valence-electron chi connectivity index (χ0n) is 17.0. The van der Waals surface area contributed by atoms with Crippen molar-refractivity contribution in [2.75, 3.05) is 13.1 Å². The highest BCUT2D eigenvalue weighted by atomic mass is 32.2. The van der Waals surface area contributed by atoms with Crippen molar-refractivity contribution in [1.29, 1.82) is 0 Å². The monoisotopic (exact) mass is 449 g/mol. The smallest absolute Gasteiger partial charge is 0.342 e. The Balaban J connectivity index is 1.58. The van der Waals surface area contributed by atoms with Gasteiger partial charge in [0, 0.05) is 18.7 Å². The summed E-state index contributed by atoms with van der Waals surface area (Å²) in [6.45, 7) is 3.57. The van der Waals surface area contributed by atoms with Crippen LogP contribution in [0.4, 0.5) is 13.2 Å². The highest BCUT2D eigenvalue weighted by molar-refractivity contribution is 8.00. The number of halogens is 3. The molecule has 0 spiro atoms. The van der Waals surface area contributed by atoms with E-state index in [0.717, 1.165) is 44.5 Å². The van der Waals surface area contributed by atoms with Crippen molar-refractivity contribution >= 4 is 23.3 Å². The number of nitrogens with zero attached hydrogens (tertiary/aromatic N) is 5. The van der Waals surface area contributed by atoms with E-state index in [1.165, 1.54) is 28.4 Å². The number of carbonyl (C=O) groups is 1. The molecule has 31 heavy (non-hydrogen) atoms. The van der Waals surface area contributed by atoms with Crippen LogP contribution in [0.5, 0.6) is 0 Å². The van der Waals surface area contributed by atoms with Gasteiger partial charge in [0.05, 0.1) is 10.8 Å². The average molecular weight is 450 g/mol. The first-order valence-electron chi connectivity index (χ1n) is 10.2. The second kappa shape index (κ2) is 8.86. The molecule has 6 nitrogen and oxygen atoms in total. The van der Waals surface area contributed by atoms with Gasteiger partial charge in [-0.1, -0.05) is 30.8 Å². The van der Waals surface area contributed by atoms with Crippen molar-refractivity contribution in [3.05, 3.63) is 42.0 Å². The maximum atomic E-state index is 12.9. The second-order valence-corrected chi connectivity index (χ2v) is 8.66. The summed E-state index contributed by atoms with van der Waals surface area (Å²) < 4.78 is 40.0. The lowest BCUT2D eigenvalue weighted by Crippen LogP contribution is -2.40. The van der Waals surface area contributed by atoms with E-state index in [0.29, 0.717) is 28.5 Å². The highest BCUT2D eigenvalue weighted by Crippen LogP contribution is 2.31. The van der Waals surface area contributed by atoms with Crippen LogP contribution in [0.2, 0.25) is 0 Å². The molecule has 1 saturated heterocycles. The molecule has 1 fully saturated rings. The number of carbonyl (C=O) groups excluding carboxylic acids is 1. The predicted molar refractivity (Wildman–Crippen MR) is 112 cm³/mol. The number of alkyl halides is 3. The molecule has 0 aliphatic carbocycles. The van der Waals surface area contributed by atoms with Gasteiger partial charge in [0.15, 0.2) is 11.5 Å². The summed E-state index contributed by atoms with van der Waals surface area (Å²) in [5.74, 6) is 0.474. The summed E-state index contributed by atoms with van der Waals surface area (Å²) in [4.78, 5) is 14.8. The van der Waals surface area contributed by atoms with Crippen LogP contribution in [0.25, 0.3) is 17.0 Å². The van der Waals surface area contributed by atoms with Crippen LogP contribution in [0.3, 0.4) is 0 Å². The minimum absolute atomic E-state index is 0.126. The lowest BCUT2D eigenvalue weighted by Gasteiger charge is -2.29. The maximum absolute atomic E-state index is 12.9. The topological polar surface area (TPSA) is 63.4 Å². The van der Waals surface area contributed by atoms with Gasteiger partial charge in [-0.2, -0.15) is 22.8 Å². The number of benzene rings is 1. The third kappa shape index (κ3) is 4.68. The molecule has 1 aromatic carbocycles. The highest BCUT2D eigenvalue weighted by Gasteiger charge is 2.30. The van der Waals surface area contributed by atoms with Crippen LogP contribution in [0.1, 0.15) is 38.2 Å². The summed E-state index contributed by atoms with van der Waals surface area (Å²) in [6, 6.07) is 8.27. The van der Waals surface area contributed by atoms with Gasteiger partial charge < -0.3 is 4.90 Å². The first kappa shape index (κ1) is 21.6. The molecule has 0 bridgehead atoms. The van der Waals surface area contributed by atoms with Gasteiger partial charge in [-0.15, -0.1) is 10.2 Å². The van der Waals surface area contributed by atoms with Crippen molar-refractivity contribution in [3.8, 4) is 11.4 Å². The van der Waals surface area contributed by atoms with Crippen LogP contribution < -0.4 is 0 Å².